The molecule has 46 heavy (non-hydrogen) atoms. The lowest BCUT2D eigenvalue weighted by atomic mass is 9.96. The van der Waals surface area contributed by atoms with Crippen molar-refractivity contribution in [2.45, 2.75) is 69.6 Å². The number of nitrogens with zero attached hydrogens (tertiary/aromatic N) is 2. The first-order valence-corrected chi connectivity index (χ1v) is 16.1. The number of likely N-dealkylation sites (tertiary alicyclic amines) is 1. The van der Waals surface area contributed by atoms with Gasteiger partial charge in [-0.25, -0.2) is 0 Å². The molecule has 12 nitrogen and oxygen atoms in total. The van der Waals surface area contributed by atoms with Crippen LogP contribution in [0, 0.1) is 5.92 Å². The summed E-state index contributed by atoms with van der Waals surface area (Å²) in [5.74, 6) is -1.50. The second-order valence-corrected chi connectivity index (χ2v) is 12.4. The van der Waals surface area contributed by atoms with Gasteiger partial charge in [0.1, 0.15) is 29.9 Å². The number of rotatable bonds is 4. The van der Waals surface area contributed by atoms with Gasteiger partial charge in [-0.05, 0) is 61.8 Å². The number of aliphatic hydroxyl groups is 1. The molecule has 0 aliphatic carbocycles. The summed E-state index contributed by atoms with van der Waals surface area (Å²) in [5.41, 5.74) is 1.62. The molecule has 4 aliphatic heterocycles. The molecule has 2 saturated heterocycles. The molecule has 2 aromatic carbocycles. The normalized spacial score (nSPS) is 25.3. The van der Waals surface area contributed by atoms with Crippen LogP contribution in [0.25, 0.3) is 0 Å². The molecule has 0 radical (unpaired) electrons. The summed E-state index contributed by atoms with van der Waals surface area (Å²) in [6.07, 6.45) is 2.81. The van der Waals surface area contributed by atoms with Crippen molar-refractivity contribution in [3.8, 4) is 5.75 Å². The Labute approximate surface area is 268 Å². The Bertz CT molecular complexity index is 1390. The molecule has 246 valence electrons. The number of benzene rings is 2. The number of aliphatic hydroxyl groups excluding tert-OH is 1. The molecule has 0 unspecified atom stereocenters. The van der Waals surface area contributed by atoms with Gasteiger partial charge in [0, 0.05) is 39.1 Å². The number of amides is 5. The number of hydrogen-bond donors (Lipinski definition) is 4. The highest BCUT2D eigenvalue weighted by molar-refractivity contribution is 5.96. The van der Waals surface area contributed by atoms with Crippen molar-refractivity contribution in [2.24, 2.45) is 5.92 Å². The third kappa shape index (κ3) is 8.22. The molecule has 0 spiro atoms. The van der Waals surface area contributed by atoms with Crippen molar-refractivity contribution in [3.63, 3.8) is 0 Å². The minimum absolute atomic E-state index is 0.0766. The van der Waals surface area contributed by atoms with E-state index in [-0.39, 0.29) is 43.8 Å². The van der Waals surface area contributed by atoms with E-state index in [2.05, 4.69) is 16.0 Å². The summed E-state index contributed by atoms with van der Waals surface area (Å²) in [6.45, 7) is 2.61. The summed E-state index contributed by atoms with van der Waals surface area (Å²) in [6, 6.07) is 12.6. The standard InChI is InChI=1S/C34H43N5O7/c1-22-31(42)37-27(33(44)38-16-13-25(20-40)14-17-38)19-24-9-11-26(12-10-24)46-21-30(41)36-28(18-23-6-3-2-4-7-23)34(45)39-15-5-8-29(39)32(43)35-22/h2-4,6-7,9-12,22,25,27-29,40H,5,8,13-21H2,1H3,(H,35,43)(H,36,41)(H,37,42)/t22-,27-,28+,29+/m0/s1. The molecule has 6 rings (SSSR count). The van der Waals surface area contributed by atoms with Crippen molar-refractivity contribution in [3.05, 3.63) is 65.7 Å². The van der Waals surface area contributed by atoms with Gasteiger partial charge in [0.15, 0.2) is 6.61 Å². The van der Waals surface area contributed by atoms with E-state index in [9.17, 15) is 29.1 Å². The zero-order chi connectivity index (χ0) is 32.6. The van der Waals surface area contributed by atoms with Crippen LogP contribution in [0.4, 0.5) is 0 Å². The quantitative estimate of drug-likeness (QED) is 0.383. The number of nitrogens with one attached hydrogen (secondary N) is 3. The highest BCUT2D eigenvalue weighted by atomic mass is 16.5. The van der Waals surface area contributed by atoms with Gasteiger partial charge in [0.2, 0.25) is 23.6 Å². The molecule has 4 heterocycles. The molecule has 0 aromatic heterocycles. The summed E-state index contributed by atoms with van der Waals surface area (Å²) in [4.78, 5) is 70.6. The van der Waals surface area contributed by atoms with Crippen LogP contribution in [-0.2, 0) is 36.8 Å². The van der Waals surface area contributed by atoms with Gasteiger partial charge >= 0.3 is 0 Å². The minimum atomic E-state index is -0.974. The number of piperidine rings is 1. The summed E-state index contributed by atoms with van der Waals surface area (Å²) in [5, 5.41) is 17.9. The fourth-order valence-electron chi connectivity index (χ4n) is 6.32. The molecular weight excluding hydrogens is 590 g/mol. The van der Waals surface area contributed by atoms with Gasteiger partial charge in [0.05, 0.1) is 0 Å². The van der Waals surface area contributed by atoms with Gasteiger partial charge in [-0.1, -0.05) is 42.5 Å². The van der Waals surface area contributed by atoms with Crippen molar-refractivity contribution >= 4 is 29.5 Å². The highest BCUT2D eigenvalue weighted by Gasteiger charge is 2.39. The van der Waals surface area contributed by atoms with Gasteiger partial charge in [-0.15, -0.1) is 0 Å². The van der Waals surface area contributed by atoms with Crippen LogP contribution in [0.5, 0.6) is 5.75 Å². The average Bonchev–Trinajstić information content (AvgIpc) is 3.57. The van der Waals surface area contributed by atoms with Crippen LogP contribution in [0.2, 0.25) is 0 Å². The van der Waals surface area contributed by atoms with Crippen molar-refractivity contribution in [1.29, 1.82) is 0 Å². The summed E-state index contributed by atoms with van der Waals surface area (Å²) >= 11 is 0. The van der Waals surface area contributed by atoms with Crippen LogP contribution in [0.15, 0.2) is 54.6 Å². The monoisotopic (exact) mass is 633 g/mol. The van der Waals surface area contributed by atoms with E-state index in [1.165, 1.54) is 4.90 Å². The second kappa shape index (κ2) is 15.2. The second-order valence-electron chi connectivity index (χ2n) is 12.4. The van der Waals surface area contributed by atoms with Gasteiger partial charge in [-0.3, -0.25) is 24.0 Å². The van der Waals surface area contributed by atoms with E-state index in [4.69, 9.17) is 4.74 Å². The van der Waals surface area contributed by atoms with Crippen LogP contribution in [-0.4, -0.2) is 101 Å². The first kappa shape index (κ1) is 32.9. The van der Waals surface area contributed by atoms with E-state index < -0.39 is 41.9 Å². The Kier molecular flexibility index (Phi) is 10.9. The fraction of sp³-hybridized carbons (Fsp3) is 0.500. The molecule has 12 heteroatoms. The van der Waals surface area contributed by atoms with E-state index >= 15 is 0 Å². The van der Waals surface area contributed by atoms with Crippen LogP contribution in [0.3, 0.4) is 0 Å². The molecular formula is C34H43N5O7. The van der Waals surface area contributed by atoms with Gasteiger partial charge in [-0.2, -0.15) is 0 Å². The van der Waals surface area contributed by atoms with E-state index in [0.717, 1.165) is 11.1 Å². The molecule has 4 aliphatic rings. The number of fused-ring (bicyclic) bond motifs is 13. The molecule has 4 N–H and O–H groups in total. The predicted molar refractivity (Wildman–Crippen MR) is 168 cm³/mol. The maximum Gasteiger partial charge on any atom is 0.258 e. The highest BCUT2D eigenvalue weighted by Crippen LogP contribution is 2.22. The molecule has 5 amide bonds. The lowest BCUT2D eigenvalue weighted by Gasteiger charge is -2.34. The Hall–Kier alpha value is -4.45. The lowest BCUT2D eigenvalue weighted by Crippen LogP contribution is -2.58. The molecule has 4 atom stereocenters. The Morgan fingerprint density at radius 3 is 2.30 bits per heavy atom. The minimum Gasteiger partial charge on any atom is -0.484 e. The molecule has 2 bridgehead atoms. The Balaban J connectivity index is 1.38. The largest absolute Gasteiger partial charge is 0.484 e. The lowest BCUT2D eigenvalue weighted by molar-refractivity contribution is -0.142. The van der Waals surface area contributed by atoms with Gasteiger partial charge < -0.3 is 35.6 Å². The maximum atomic E-state index is 13.9. The zero-order valence-electron chi connectivity index (χ0n) is 26.2. The smallest absolute Gasteiger partial charge is 0.258 e. The first-order valence-electron chi connectivity index (χ1n) is 16.1. The number of ether oxygens (including phenoxy) is 1. The van der Waals surface area contributed by atoms with Crippen molar-refractivity contribution in [2.75, 3.05) is 32.8 Å². The topological polar surface area (TPSA) is 157 Å². The number of carbonyl (C=O) groups excluding carboxylic acids is 5. The third-order valence-corrected chi connectivity index (χ3v) is 9.04. The average molecular weight is 634 g/mol. The molecule has 0 saturated carbocycles. The van der Waals surface area contributed by atoms with Crippen molar-refractivity contribution in [1.82, 2.24) is 25.8 Å². The first-order chi connectivity index (χ1) is 22.2. The maximum absolute atomic E-state index is 13.9. The van der Waals surface area contributed by atoms with Crippen LogP contribution in [0.1, 0.15) is 43.7 Å². The molecule has 2 aromatic rings. The van der Waals surface area contributed by atoms with Crippen LogP contribution < -0.4 is 20.7 Å². The van der Waals surface area contributed by atoms with E-state index in [1.54, 1.807) is 36.1 Å². The predicted octanol–water partition coefficient (Wildman–Crippen LogP) is 0.560. The Morgan fingerprint density at radius 1 is 0.891 bits per heavy atom. The summed E-state index contributed by atoms with van der Waals surface area (Å²) in [7, 11) is 0. The summed E-state index contributed by atoms with van der Waals surface area (Å²) < 4.78 is 5.73. The molecule has 2 fully saturated rings. The third-order valence-electron chi connectivity index (χ3n) is 9.04. The number of carbonyl (C=O) groups is 5. The van der Waals surface area contributed by atoms with Crippen molar-refractivity contribution < 1.29 is 33.8 Å². The van der Waals surface area contributed by atoms with E-state index in [0.29, 0.717) is 51.1 Å². The fourth-order valence-corrected chi connectivity index (χ4v) is 6.32. The number of hydrogen-bond acceptors (Lipinski definition) is 7. The Morgan fingerprint density at radius 2 is 1.61 bits per heavy atom. The zero-order valence-corrected chi connectivity index (χ0v) is 26.2. The van der Waals surface area contributed by atoms with Gasteiger partial charge in [0.25, 0.3) is 5.91 Å². The van der Waals surface area contributed by atoms with Crippen LogP contribution >= 0.6 is 0 Å². The van der Waals surface area contributed by atoms with E-state index in [1.807, 2.05) is 30.3 Å². The SMILES string of the molecule is C[C@@H]1NC(=O)[C@H]2CCCN2C(=O)[C@@H](Cc2ccccc2)NC(=O)COc2ccc(cc2)C[C@@H](C(=O)N2CCC(CO)CC2)NC1=O.